The van der Waals surface area contributed by atoms with Crippen molar-refractivity contribution in [2.45, 2.75) is 18.8 Å². The van der Waals surface area contributed by atoms with E-state index in [0.717, 1.165) is 0 Å². The third-order valence-corrected chi connectivity index (χ3v) is 3.05. The lowest BCUT2D eigenvalue weighted by Crippen LogP contribution is -2.22. The van der Waals surface area contributed by atoms with Crippen LogP contribution in [0.3, 0.4) is 0 Å². The van der Waals surface area contributed by atoms with Gasteiger partial charge in [0.15, 0.2) is 0 Å². The van der Waals surface area contributed by atoms with Gasteiger partial charge in [-0.1, -0.05) is 0 Å². The minimum absolute atomic E-state index is 0.137. The van der Waals surface area contributed by atoms with Crippen LogP contribution in [-0.2, 0) is 6.61 Å². The lowest BCUT2D eigenvalue weighted by atomic mass is 10.1. The molecule has 98 valence electrons. The Morgan fingerprint density at radius 3 is 2.44 bits per heavy atom. The lowest BCUT2D eigenvalue weighted by molar-refractivity contribution is -0.385. The molecule has 18 heavy (non-hydrogen) atoms. The molecule has 1 aliphatic rings. The third-order valence-electron chi connectivity index (χ3n) is 3.05. The number of nitro benzene ring substituents is 1. The molecule has 0 spiro atoms. The monoisotopic (exact) mass is 254 g/mol. The number of aliphatic hydroxyl groups is 3. The predicted molar refractivity (Wildman–Crippen MR) is 63.2 cm³/mol. The normalized spacial score (nSPS) is 23.4. The molecule has 0 aromatic heterocycles. The second-order valence-corrected chi connectivity index (χ2v) is 4.27. The van der Waals surface area contributed by atoms with Crippen LogP contribution in [-0.4, -0.2) is 45.5 Å². The summed E-state index contributed by atoms with van der Waals surface area (Å²) < 4.78 is 0. The van der Waals surface area contributed by atoms with Crippen molar-refractivity contribution in [3.05, 3.63) is 33.9 Å². The molecule has 0 saturated carbocycles. The van der Waals surface area contributed by atoms with Gasteiger partial charge in [0.1, 0.15) is 0 Å². The Bertz CT molecular complexity index is 455. The second-order valence-electron chi connectivity index (χ2n) is 4.27. The highest BCUT2D eigenvalue weighted by molar-refractivity contribution is 5.56. The van der Waals surface area contributed by atoms with Crippen molar-refractivity contribution in [3.8, 4) is 0 Å². The van der Waals surface area contributed by atoms with Crippen LogP contribution in [0.2, 0.25) is 0 Å². The predicted octanol–water partition coefficient (Wildman–Crippen LogP) is -0.371. The molecule has 3 N–H and O–H groups in total. The number of nitrogens with zero attached hydrogens (tertiary/aromatic N) is 2. The summed E-state index contributed by atoms with van der Waals surface area (Å²) >= 11 is 0. The first-order valence-corrected chi connectivity index (χ1v) is 5.52. The smallest absolute Gasteiger partial charge is 0.275 e. The topological polar surface area (TPSA) is 107 Å². The van der Waals surface area contributed by atoms with Gasteiger partial charge >= 0.3 is 0 Å². The fraction of sp³-hybridized carbons (Fsp3) is 0.455. The zero-order valence-electron chi connectivity index (χ0n) is 9.56. The van der Waals surface area contributed by atoms with E-state index < -0.39 is 23.7 Å². The van der Waals surface area contributed by atoms with Crippen molar-refractivity contribution in [2.24, 2.45) is 0 Å². The van der Waals surface area contributed by atoms with E-state index in [2.05, 4.69) is 0 Å². The largest absolute Gasteiger partial charge is 0.391 e. The summed E-state index contributed by atoms with van der Waals surface area (Å²) in [7, 11) is 0. The first-order chi connectivity index (χ1) is 8.52. The van der Waals surface area contributed by atoms with E-state index in [1.165, 1.54) is 12.1 Å². The highest BCUT2D eigenvalue weighted by Gasteiger charge is 2.30. The summed E-state index contributed by atoms with van der Waals surface area (Å²) in [5, 5.41) is 38.7. The number of rotatable bonds is 3. The number of anilines is 1. The van der Waals surface area contributed by atoms with Gasteiger partial charge in [-0.25, -0.2) is 0 Å². The van der Waals surface area contributed by atoms with Gasteiger partial charge in [-0.15, -0.1) is 0 Å². The summed E-state index contributed by atoms with van der Waals surface area (Å²) in [6, 6.07) is 4.36. The molecule has 0 aliphatic carbocycles. The Morgan fingerprint density at radius 1 is 1.33 bits per heavy atom. The molecule has 0 radical (unpaired) electrons. The maximum atomic E-state index is 10.7. The molecule has 0 amide bonds. The number of β-amino-alcohol motifs (C(OH)–C–C–N with tert-alkyl or cyclic N) is 2. The van der Waals surface area contributed by atoms with Gasteiger partial charge in [0.25, 0.3) is 5.69 Å². The Hall–Kier alpha value is -1.70. The summed E-state index contributed by atoms with van der Waals surface area (Å²) in [4.78, 5) is 11.9. The Morgan fingerprint density at radius 2 is 1.94 bits per heavy atom. The Balaban J connectivity index is 2.28. The Kier molecular flexibility index (Phi) is 3.46. The molecule has 1 saturated heterocycles. The second kappa shape index (κ2) is 4.89. The van der Waals surface area contributed by atoms with Crippen molar-refractivity contribution in [1.82, 2.24) is 0 Å². The van der Waals surface area contributed by atoms with Crippen LogP contribution in [0.1, 0.15) is 5.56 Å². The molecule has 2 atom stereocenters. The Labute approximate surface area is 103 Å². The first kappa shape index (κ1) is 12.7. The van der Waals surface area contributed by atoms with Crippen LogP contribution in [0.5, 0.6) is 0 Å². The maximum absolute atomic E-state index is 10.7. The zero-order valence-corrected chi connectivity index (χ0v) is 9.56. The number of hydrogen-bond acceptors (Lipinski definition) is 6. The first-order valence-electron chi connectivity index (χ1n) is 5.52. The van der Waals surface area contributed by atoms with Crippen molar-refractivity contribution in [1.29, 1.82) is 0 Å². The molecule has 7 heteroatoms. The van der Waals surface area contributed by atoms with Crippen LogP contribution in [0.15, 0.2) is 18.2 Å². The molecule has 7 nitrogen and oxygen atoms in total. The molecule has 0 bridgehead atoms. The van der Waals surface area contributed by atoms with Crippen molar-refractivity contribution >= 4 is 11.4 Å². The summed E-state index contributed by atoms with van der Waals surface area (Å²) in [5.74, 6) is 0. The van der Waals surface area contributed by atoms with E-state index in [-0.39, 0.29) is 24.3 Å². The van der Waals surface area contributed by atoms with Crippen molar-refractivity contribution in [3.63, 3.8) is 0 Å². The number of aliphatic hydroxyl groups excluding tert-OH is 3. The van der Waals surface area contributed by atoms with Crippen LogP contribution in [0.25, 0.3) is 0 Å². The van der Waals surface area contributed by atoms with Gasteiger partial charge in [-0.05, 0) is 12.1 Å². The minimum atomic E-state index is -0.822. The number of hydrogen-bond donors (Lipinski definition) is 3. The number of benzene rings is 1. The molecule has 1 aliphatic heterocycles. The zero-order chi connectivity index (χ0) is 13.3. The summed E-state index contributed by atoms with van der Waals surface area (Å²) in [5.41, 5.74) is 0.718. The standard InChI is InChI=1S/C11H14N2O5/c14-6-7-3-8(1-2-9(7)13(17)18)12-4-10(15)11(16)5-12/h1-3,10-11,14-16H,4-6H2. The van der Waals surface area contributed by atoms with Gasteiger partial charge in [0.05, 0.1) is 29.3 Å². The average Bonchev–Trinajstić information content (AvgIpc) is 2.68. The van der Waals surface area contributed by atoms with E-state index in [0.29, 0.717) is 5.69 Å². The highest BCUT2D eigenvalue weighted by atomic mass is 16.6. The van der Waals surface area contributed by atoms with Crippen LogP contribution in [0.4, 0.5) is 11.4 Å². The molecule has 1 aromatic rings. The average molecular weight is 254 g/mol. The van der Waals surface area contributed by atoms with Gasteiger partial charge in [0, 0.05) is 24.8 Å². The minimum Gasteiger partial charge on any atom is -0.391 e. The molecule has 1 heterocycles. The van der Waals surface area contributed by atoms with E-state index in [4.69, 9.17) is 5.11 Å². The van der Waals surface area contributed by atoms with Gasteiger partial charge < -0.3 is 20.2 Å². The van der Waals surface area contributed by atoms with Crippen LogP contribution < -0.4 is 4.90 Å². The molecule has 2 unspecified atom stereocenters. The summed E-state index contributed by atoms with van der Waals surface area (Å²) in [6.45, 7) is 0.108. The van der Waals surface area contributed by atoms with E-state index in [9.17, 15) is 20.3 Å². The highest BCUT2D eigenvalue weighted by Crippen LogP contribution is 2.27. The van der Waals surface area contributed by atoms with Crippen LogP contribution >= 0.6 is 0 Å². The molecule has 1 fully saturated rings. The van der Waals surface area contributed by atoms with Gasteiger partial charge in [-0.2, -0.15) is 0 Å². The molecule has 2 rings (SSSR count). The maximum Gasteiger partial charge on any atom is 0.275 e. The fourth-order valence-electron chi connectivity index (χ4n) is 2.05. The molecule has 1 aromatic carbocycles. The third kappa shape index (κ3) is 2.28. The van der Waals surface area contributed by atoms with Gasteiger partial charge in [-0.3, -0.25) is 10.1 Å². The summed E-state index contributed by atoms with van der Waals surface area (Å²) in [6.07, 6.45) is -1.64. The fourth-order valence-corrected chi connectivity index (χ4v) is 2.05. The lowest BCUT2D eigenvalue weighted by Gasteiger charge is -2.18. The van der Waals surface area contributed by atoms with Crippen molar-refractivity contribution < 1.29 is 20.2 Å². The van der Waals surface area contributed by atoms with E-state index >= 15 is 0 Å². The SMILES string of the molecule is O=[N+]([O-])c1ccc(N2CC(O)C(O)C2)cc1CO. The molecular weight excluding hydrogens is 240 g/mol. The van der Waals surface area contributed by atoms with E-state index in [1.807, 2.05) is 0 Å². The van der Waals surface area contributed by atoms with Crippen LogP contribution in [0, 0.1) is 10.1 Å². The van der Waals surface area contributed by atoms with Crippen molar-refractivity contribution in [2.75, 3.05) is 18.0 Å². The van der Waals surface area contributed by atoms with Gasteiger partial charge in [0.2, 0.25) is 0 Å². The molecular formula is C11H14N2O5. The number of nitro groups is 1. The quantitative estimate of drug-likeness (QED) is 0.502. The van der Waals surface area contributed by atoms with E-state index in [1.54, 1.807) is 11.0 Å².